The Morgan fingerprint density at radius 3 is 1.56 bits per heavy atom. The maximum atomic E-state index is 12.1. The van der Waals surface area contributed by atoms with Crippen LogP contribution in [0.2, 0.25) is 0 Å². The van der Waals surface area contributed by atoms with Gasteiger partial charge < -0.3 is 11.1 Å². The van der Waals surface area contributed by atoms with Gasteiger partial charge in [0.05, 0.1) is 9.79 Å². The van der Waals surface area contributed by atoms with Gasteiger partial charge in [-0.3, -0.25) is 9.59 Å². The molecule has 0 radical (unpaired) electrons. The third-order valence-electron chi connectivity index (χ3n) is 4.69. The minimum absolute atomic E-state index is 0.0603. The highest BCUT2D eigenvalue weighted by Gasteiger charge is 2.43. The number of aryl methyl sites for hydroxylation is 1. The molecular weight excluding hydrogens is 504 g/mol. The number of hydrogen-bond donors (Lipinski definition) is 0. The Morgan fingerprint density at radius 2 is 1.17 bits per heavy atom. The first-order valence-corrected chi connectivity index (χ1v) is 13.6. The Morgan fingerprint density at radius 1 is 0.750 bits per heavy atom. The smallest absolute Gasteiger partial charge is 0.360 e. The summed E-state index contributed by atoms with van der Waals surface area (Å²) in [6, 6.07) is 13.4. The molecule has 12 heteroatoms. The van der Waals surface area contributed by atoms with Crippen LogP contribution in [-0.4, -0.2) is 48.1 Å². The molecule has 0 aliphatic rings. The molecule has 192 valence electrons. The Labute approximate surface area is 211 Å². The monoisotopic (exact) mass is 532 g/mol. The van der Waals surface area contributed by atoms with Crippen LogP contribution in [0.25, 0.3) is 11.1 Å². The van der Waals surface area contributed by atoms with E-state index in [1.54, 1.807) is 39.0 Å². The molecular formula is C24H28N4O6S2. The molecule has 10 nitrogen and oxygen atoms in total. The van der Waals surface area contributed by atoms with Crippen LogP contribution in [0.5, 0.6) is 0 Å². The molecule has 0 aliphatic heterocycles. The van der Waals surface area contributed by atoms with Gasteiger partial charge in [-0.1, -0.05) is 70.5 Å². The lowest BCUT2D eigenvalue weighted by Crippen LogP contribution is -2.34. The molecule has 0 bridgehead atoms. The first kappa shape index (κ1) is 30.5. The zero-order chi connectivity index (χ0) is 27.9. The maximum absolute atomic E-state index is 12.1. The third kappa shape index (κ3) is 7.22. The summed E-state index contributed by atoms with van der Waals surface area (Å²) in [4.78, 5) is 28.8. The highest BCUT2D eigenvalue weighted by molar-refractivity contribution is 8.08. The van der Waals surface area contributed by atoms with Gasteiger partial charge in [0.15, 0.2) is 0 Å². The molecule has 36 heavy (non-hydrogen) atoms. The number of Topliss-reactive ketones (excluding diaryl/α,β-unsaturated/α-hetero) is 2. The molecule has 0 aromatic heterocycles. The number of carbonyl (C=O) groups excluding carboxylic acids is 2. The van der Waals surface area contributed by atoms with Crippen molar-refractivity contribution >= 4 is 41.3 Å². The molecule has 0 spiro atoms. The Kier molecular flexibility index (Phi) is 10.1. The fourth-order valence-corrected chi connectivity index (χ4v) is 5.29. The largest absolute Gasteiger partial charge is 0.452 e. The van der Waals surface area contributed by atoms with E-state index in [0.717, 1.165) is 5.56 Å². The van der Waals surface area contributed by atoms with Gasteiger partial charge in [-0.25, -0.2) is 16.8 Å². The molecule has 0 saturated heterocycles. The number of benzene rings is 2. The molecule has 0 fully saturated rings. The van der Waals surface area contributed by atoms with Crippen molar-refractivity contribution in [1.82, 2.24) is 0 Å². The van der Waals surface area contributed by atoms with Crippen LogP contribution in [0, 0.1) is 18.3 Å². The van der Waals surface area contributed by atoms with Crippen molar-refractivity contribution in [2.45, 2.75) is 51.3 Å². The van der Waals surface area contributed by atoms with Gasteiger partial charge >= 0.3 is 10.1 Å². The fraction of sp³-hybridized carbons (Fsp3) is 0.333. The summed E-state index contributed by atoms with van der Waals surface area (Å²) >= 11 is 0. The second-order valence-corrected chi connectivity index (χ2v) is 12.8. The maximum Gasteiger partial charge on any atom is 0.452 e. The second-order valence-electron chi connectivity index (χ2n) is 9.04. The average molecular weight is 533 g/mol. The van der Waals surface area contributed by atoms with Gasteiger partial charge in [0.2, 0.25) is 0 Å². The van der Waals surface area contributed by atoms with Crippen molar-refractivity contribution in [3.8, 4) is 0 Å². The van der Waals surface area contributed by atoms with Crippen LogP contribution >= 0.6 is 0 Å². The normalized spacial score (nSPS) is 11.4. The average Bonchev–Trinajstić information content (AvgIpc) is 2.80. The van der Waals surface area contributed by atoms with Gasteiger partial charge in [0, 0.05) is 11.3 Å². The number of rotatable bonds is 5. The van der Waals surface area contributed by atoms with Crippen LogP contribution in [-0.2, 0) is 29.3 Å². The van der Waals surface area contributed by atoms with Crippen molar-refractivity contribution in [3.05, 3.63) is 71.2 Å². The van der Waals surface area contributed by atoms with E-state index in [1.165, 1.54) is 50.2 Å². The minimum atomic E-state index is -4.08. The summed E-state index contributed by atoms with van der Waals surface area (Å²) in [5.74, 6) is -2.00. The minimum Gasteiger partial charge on any atom is -0.360 e. The van der Waals surface area contributed by atoms with Crippen molar-refractivity contribution in [3.63, 3.8) is 0 Å². The molecule has 0 unspecified atom stereocenters. The molecule has 0 saturated carbocycles. The first-order valence-electron chi connectivity index (χ1n) is 10.7. The van der Waals surface area contributed by atoms with Crippen molar-refractivity contribution in [1.29, 1.82) is 0 Å². The SMILES string of the molecule is CC(C)(C)C(=O)C(=[N+]=[N-])S(=O)(=O)c1ccccc1.Cc1ccc(S(=O)(=O)C(=[N+]=[N-])C(=O)C(C)C)cc1. The van der Waals surface area contributed by atoms with Crippen LogP contribution < -0.4 is 0 Å². The molecule has 2 aromatic rings. The molecule has 2 rings (SSSR count). The molecule has 2 aromatic carbocycles. The predicted octanol–water partition coefficient (Wildman–Crippen LogP) is 3.33. The van der Waals surface area contributed by atoms with Crippen LogP contribution in [0.1, 0.15) is 40.2 Å². The molecule has 0 N–H and O–H groups in total. The Hall–Kier alpha value is -3.56. The topological polar surface area (TPSA) is 175 Å². The highest BCUT2D eigenvalue weighted by Crippen LogP contribution is 2.20. The number of carbonyl (C=O) groups is 2. The first-order chi connectivity index (χ1) is 16.5. The lowest BCUT2D eigenvalue weighted by Gasteiger charge is -2.12. The summed E-state index contributed by atoms with van der Waals surface area (Å²) in [6.07, 6.45) is 0. The number of sulfone groups is 2. The number of hydrogen-bond acceptors (Lipinski definition) is 6. The number of nitrogens with zero attached hydrogens (tertiary/aromatic N) is 4. The second kappa shape index (κ2) is 11.9. The summed E-state index contributed by atoms with van der Waals surface area (Å²) in [7, 11) is -8.14. The zero-order valence-electron chi connectivity index (χ0n) is 20.8. The van der Waals surface area contributed by atoms with Gasteiger partial charge in [0.25, 0.3) is 31.2 Å². The van der Waals surface area contributed by atoms with Crippen molar-refractivity contribution in [2.75, 3.05) is 0 Å². The van der Waals surface area contributed by atoms with E-state index in [0.29, 0.717) is 0 Å². The molecule has 0 atom stereocenters. The molecule has 0 aliphatic carbocycles. The standard InChI is InChI=1S/2C12H14N2O3S/c1-8(2)11(15)12(14-13)18(16,17)10-6-4-9(3)5-7-10;1-12(2,3)10(15)11(14-13)18(16,17)9-7-5-4-6-8-9/h2*4-8H,1-3H3. The molecule has 0 amide bonds. The van der Waals surface area contributed by atoms with Gasteiger partial charge in [-0.15, -0.1) is 9.58 Å². The van der Waals surface area contributed by atoms with Crippen LogP contribution in [0.15, 0.2) is 64.4 Å². The van der Waals surface area contributed by atoms with Crippen molar-refractivity contribution < 1.29 is 36.0 Å². The third-order valence-corrected chi connectivity index (χ3v) is 8.04. The molecule has 0 heterocycles. The summed E-state index contributed by atoms with van der Waals surface area (Å²) < 4.78 is 48.5. The van der Waals surface area contributed by atoms with E-state index < -0.39 is 52.7 Å². The Balaban J connectivity index is 0.000000360. The quantitative estimate of drug-likeness (QED) is 0.247. The number of ketones is 2. The van der Waals surface area contributed by atoms with E-state index in [-0.39, 0.29) is 9.79 Å². The van der Waals surface area contributed by atoms with Crippen LogP contribution in [0.4, 0.5) is 0 Å². The van der Waals surface area contributed by atoms with E-state index in [2.05, 4.69) is 9.58 Å². The zero-order valence-corrected chi connectivity index (χ0v) is 22.5. The van der Waals surface area contributed by atoms with Gasteiger partial charge in [-0.2, -0.15) is 0 Å². The fourth-order valence-electron chi connectivity index (χ4n) is 2.56. The van der Waals surface area contributed by atoms with Crippen molar-refractivity contribution in [2.24, 2.45) is 11.3 Å². The summed E-state index contributed by atoms with van der Waals surface area (Å²) in [5.41, 5.74) is 17.6. The van der Waals surface area contributed by atoms with E-state index in [9.17, 15) is 26.4 Å². The van der Waals surface area contributed by atoms with Gasteiger partial charge in [-0.05, 0) is 31.2 Å². The summed E-state index contributed by atoms with van der Waals surface area (Å²) in [6.45, 7) is 9.57. The Bertz CT molecular complexity index is 1430. The van der Waals surface area contributed by atoms with Gasteiger partial charge in [0.1, 0.15) is 0 Å². The summed E-state index contributed by atoms with van der Waals surface area (Å²) in [5, 5.41) is -1.65. The van der Waals surface area contributed by atoms with E-state index in [1.807, 2.05) is 6.92 Å². The predicted molar refractivity (Wildman–Crippen MR) is 134 cm³/mol. The van der Waals surface area contributed by atoms with Crippen LogP contribution in [0.3, 0.4) is 0 Å². The van der Waals surface area contributed by atoms with E-state index in [4.69, 9.17) is 11.1 Å². The van der Waals surface area contributed by atoms with E-state index >= 15 is 0 Å². The lowest BCUT2D eigenvalue weighted by molar-refractivity contribution is -0.123. The lowest BCUT2D eigenvalue weighted by atomic mass is 9.91. The highest BCUT2D eigenvalue weighted by atomic mass is 32.2.